The topological polar surface area (TPSA) is 42.0 Å². The quantitative estimate of drug-likeness (QED) is 0.662. The minimum atomic E-state index is -0.115. The number of hydrogen-bond donors (Lipinski definition) is 1. The Balaban J connectivity index is 2.00. The molecule has 3 aromatic rings. The molecular weight excluding hydrogens is 375 g/mol. The van der Waals surface area contributed by atoms with E-state index in [2.05, 4.69) is 32.9 Å². The van der Waals surface area contributed by atoms with E-state index in [0.717, 1.165) is 25.9 Å². The zero-order chi connectivity index (χ0) is 14.8. The van der Waals surface area contributed by atoms with Crippen LogP contribution >= 0.6 is 22.6 Å². The fourth-order valence-corrected chi connectivity index (χ4v) is 2.81. The van der Waals surface area contributed by atoms with Crippen LogP contribution in [0.2, 0.25) is 0 Å². The van der Waals surface area contributed by atoms with Crippen molar-refractivity contribution in [1.82, 2.24) is 4.98 Å². The summed E-state index contributed by atoms with van der Waals surface area (Å²) in [6.07, 6.45) is 0. The predicted molar refractivity (Wildman–Crippen MR) is 93.6 cm³/mol. The van der Waals surface area contributed by atoms with Crippen molar-refractivity contribution in [2.75, 3.05) is 5.32 Å². The van der Waals surface area contributed by atoms with Gasteiger partial charge in [-0.3, -0.25) is 9.78 Å². The van der Waals surface area contributed by atoms with Crippen molar-refractivity contribution in [3.63, 3.8) is 0 Å². The molecule has 0 saturated heterocycles. The van der Waals surface area contributed by atoms with Gasteiger partial charge in [-0.25, -0.2) is 0 Å². The highest BCUT2D eigenvalue weighted by Crippen LogP contribution is 2.23. The number of aryl methyl sites for hydroxylation is 1. The first-order valence-electron chi connectivity index (χ1n) is 6.57. The zero-order valence-corrected chi connectivity index (χ0v) is 13.6. The number of amides is 1. The number of hydrogen-bond acceptors (Lipinski definition) is 2. The first-order chi connectivity index (χ1) is 10.1. The second kappa shape index (κ2) is 5.81. The number of pyridine rings is 1. The highest BCUT2D eigenvalue weighted by molar-refractivity contribution is 14.1. The molecule has 2 aromatic carbocycles. The molecule has 0 saturated carbocycles. The molecule has 0 atom stereocenters. The fourth-order valence-electron chi connectivity index (χ4n) is 2.18. The van der Waals surface area contributed by atoms with Gasteiger partial charge in [0.2, 0.25) is 0 Å². The van der Waals surface area contributed by atoms with E-state index in [1.54, 1.807) is 0 Å². The van der Waals surface area contributed by atoms with Crippen molar-refractivity contribution in [1.29, 1.82) is 0 Å². The largest absolute Gasteiger partial charge is 0.320 e. The molecule has 1 amide bonds. The molecule has 0 spiro atoms. The fraction of sp³-hybridized carbons (Fsp3) is 0.0588. The summed E-state index contributed by atoms with van der Waals surface area (Å²) < 4.78 is 0.928. The van der Waals surface area contributed by atoms with Gasteiger partial charge >= 0.3 is 0 Å². The van der Waals surface area contributed by atoms with Crippen LogP contribution in [0, 0.1) is 10.5 Å². The molecule has 104 valence electrons. The number of nitrogens with zero attached hydrogens (tertiary/aromatic N) is 1. The third-order valence-corrected chi connectivity index (χ3v) is 4.17. The predicted octanol–water partition coefficient (Wildman–Crippen LogP) is 4.40. The number of rotatable bonds is 2. The monoisotopic (exact) mass is 388 g/mol. The van der Waals surface area contributed by atoms with E-state index in [9.17, 15) is 4.79 Å². The smallest absolute Gasteiger partial charge is 0.256 e. The summed E-state index contributed by atoms with van der Waals surface area (Å²) in [7, 11) is 0. The maximum absolute atomic E-state index is 12.4. The van der Waals surface area contributed by atoms with Gasteiger partial charge in [-0.2, -0.15) is 0 Å². The first kappa shape index (κ1) is 14.0. The van der Waals surface area contributed by atoms with E-state index in [4.69, 9.17) is 0 Å². The van der Waals surface area contributed by atoms with Gasteiger partial charge in [0.25, 0.3) is 5.91 Å². The molecule has 1 N–H and O–H groups in total. The normalized spacial score (nSPS) is 10.6. The summed E-state index contributed by atoms with van der Waals surface area (Å²) in [5.74, 6) is -0.115. The number of nitrogens with one attached hydrogen (secondary N) is 1. The maximum Gasteiger partial charge on any atom is 0.256 e. The second-order valence-corrected chi connectivity index (χ2v) is 5.93. The number of halogens is 1. The van der Waals surface area contributed by atoms with Gasteiger partial charge in [0.1, 0.15) is 0 Å². The molecular formula is C17H13IN2O. The third kappa shape index (κ3) is 2.90. The van der Waals surface area contributed by atoms with Gasteiger partial charge in [0.05, 0.1) is 16.8 Å². The van der Waals surface area contributed by atoms with Crippen molar-refractivity contribution in [2.24, 2.45) is 0 Å². The number of fused-ring (bicyclic) bond motifs is 1. The lowest BCUT2D eigenvalue weighted by atomic mass is 10.1. The molecule has 1 heterocycles. The molecule has 1 aromatic heterocycles. The lowest BCUT2D eigenvalue weighted by Crippen LogP contribution is -2.13. The summed E-state index contributed by atoms with van der Waals surface area (Å²) in [5.41, 5.74) is 3.15. The van der Waals surface area contributed by atoms with E-state index in [1.165, 1.54) is 0 Å². The molecule has 4 heteroatoms. The van der Waals surface area contributed by atoms with E-state index in [0.29, 0.717) is 5.56 Å². The Bertz CT molecular complexity index is 830. The van der Waals surface area contributed by atoms with Gasteiger partial charge in [-0.1, -0.05) is 30.3 Å². The summed E-state index contributed by atoms with van der Waals surface area (Å²) in [4.78, 5) is 16.9. The Morgan fingerprint density at radius 1 is 1.05 bits per heavy atom. The van der Waals surface area contributed by atoms with Gasteiger partial charge < -0.3 is 5.32 Å². The lowest BCUT2D eigenvalue weighted by Gasteiger charge is -2.09. The highest BCUT2D eigenvalue weighted by Gasteiger charge is 2.11. The van der Waals surface area contributed by atoms with Crippen LogP contribution in [0.1, 0.15) is 16.1 Å². The molecule has 3 nitrogen and oxygen atoms in total. The zero-order valence-electron chi connectivity index (χ0n) is 11.4. The minimum Gasteiger partial charge on any atom is -0.320 e. The van der Waals surface area contributed by atoms with Crippen LogP contribution in [0.4, 0.5) is 5.69 Å². The van der Waals surface area contributed by atoms with Crippen LogP contribution in [0.3, 0.4) is 0 Å². The minimum absolute atomic E-state index is 0.115. The lowest BCUT2D eigenvalue weighted by molar-refractivity contribution is 0.102. The molecule has 0 aliphatic carbocycles. The van der Waals surface area contributed by atoms with Crippen molar-refractivity contribution in [3.05, 3.63) is 69.4 Å². The van der Waals surface area contributed by atoms with Crippen molar-refractivity contribution >= 4 is 45.1 Å². The number of benzene rings is 2. The number of aromatic nitrogens is 1. The summed E-state index contributed by atoms with van der Waals surface area (Å²) in [6, 6.07) is 17.3. The van der Waals surface area contributed by atoms with Crippen LogP contribution in [-0.4, -0.2) is 10.9 Å². The molecule has 21 heavy (non-hydrogen) atoms. The van der Waals surface area contributed by atoms with E-state index in [1.807, 2.05) is 61.5 Å². The van der Waals surface area contributed by atoms with Crippen LogP contribution in [0.15, 0.2) is 54.6 Å². The maximum atomic E-state index is 12.4. The summed E-state index contributed by atoms with van der Waals surface area (Å²) >= 11 is 2.17. The Hall–Kier alpha value is -1.95. The van der Waals surface area contributed by atoms with Gasteiger partial charge in [0, 0.05) is 14.7 Å². The molecule has 0 aliphatic rings. The Labute approximate surface area is 136 Å². The second-order valence-electron chi connectivity index (χ2n) is 4.76. The van der Waals surface area contributed by atoms with Crippen molar-refractivity contribution in [3.8, 4) is 0 Å². The van der Waals surface area contributed by atoms with Gasteiger partial charge in [-0.15, -0.1) is 0 Å². The summed E-state index contributed by atoms with van der Waals surface area (Å²) in [5, 5.41) is 3.98. The molecule has 0 fully saturated rings. The standard InChI is InChI=1S/C17H13IN2O/c1-11-9-10-12-5-4-8-15(16(12)19-11)20-17(21)13-6-2-3-7-14(13)18/h2-10H,1H3,(H,20,21). The first-order valence-corrected chi connectivity index (χ1v) is 7.65. The number of carbonyl (C=O) groups is 1. The SMILES string of the molecule is Cc1ccc2cccc(NC(=O)c3ccccc3I)c2n1. The summed E-state index contributed by atoms with van der Waals surface area (Å²) in [6.45, 7) is 1.94. The van der Waals surface area contributed by atoms with E-state index >= 15 is 0 Å². The number of para-hydroxylation sites is 1. The van der Waals surface area contributed by atoms with E-state index in [-0.39, 0.29) is 5.91 Å². The number of anilines is 1. The van der Waals surface area contributed by atoms with Gasteiger partial charge in [0.15, 0.2) is 0 Å². The average Bonchev–Trinajstić information content (AvgIpc) is 2.48. The molecule has 0 radical (unpaired) electrons. The Kier molecular flexibility index (Phi) is 3.88. The third-order valence-electron chi connectivity index (χ3n) is 3.23. The van der Waals surface area contributed by atoms with E-state index < -0.39 is 0 Å². The average molecular weight is 388 g/mol. The van der Waals surface area contributed by atoms with Crippen molar-refractivity contribution in [2.45, 2.75) is 6.92 Å². The molecule has 0 aliphatic heterocycles. The van der Waals surface area contributed by atoms with Crippen LogP contribution in [0.25, 0.3) is 10.9 Å². The van der Waals surface area contributed by atoms with Crippen molar-refractivity contribution < 1.29 is 4.79 Å². The van der Waals surface area contributed by atoms with Crippen LogP contribution < -0.4 is 5.32 Å². The molecule has 0 unspecified atom stereocenters. The molecule has 0 bridgehead atoms. The highest BCUT2D eigenvalue weighted by atomic mass is 127. The van der Waals surface area contributed by atoms with Crippen LogP contribution in [0.5, 0.6) is 0 Å². The van der Waals surface area contributed by atoms with Crippen LogP contribution in [-0.2, 0) is 0 Å². The Morgan fingerprint density at radius 3 is 2.67 bits per heavy atom. The number of carbonyl (C=O) groups excluding carboxylic acids is 1. The van der Waals surface area contributed by atoms with Gasteiger partial charge in [-0.05, 0) is 53.8 Å². The Morgan fingerprint density at radius 2 is 1.86 bits per heavy atom. The molecule has 3 rings (SSSR count).